The molecular formula is C12H13BrN6. The highest BCUT2D eigenvalue weighted by Crippen LogP contribution is 2.20. The third-order valence-corrected chi connectivity index (χ3v) is 3.11. The largest absolute Gasteiger partial charge is 0.320 e. The maximum Gasteiger partial charge on any atom is 0.180 e. The van der Waals surface area contributed by atoms with Crippen molar-refractivity contribution >= 4 is 33.2 Å². The Kier molecular flexibility index (Phi) is 2.98. The molecule has 0 fully saturated rings. The van der Waals surface area contributed by atoms with Gasteiger partial charge in [0.25, 0.3) is 0 Å². The molecule has 0 radical (unpaired) electrons. The van der Waals surface area contributed by atoms with Crippen LogP contribution in [0.1, 0.15) is 19.9 Å². The normalized spacial score (nSPS) is 11.4. The van der Waals surface area contributed by atoms with Gasteiger partial charge in [0.15, 0.2) is 17.3 Å². The smallest absolute Gasteiger partial charge is 0.180 e. The van der Waals surface area contributed by atoms with Crippen molar-refractivity contribution in [2.24, 2.45) is 0 Å². The van der Waals surface area contributed by atoms with Crippen LogP contribution in [0.3, 0.4) is 0 Å². The van der Waals surface area contributed by atoms with Gasteiger partial charge in [-0.25, -0.2) is 9.97 Å². The van der Waals surface area contributed by atoms with Gasteiger partial charge in [0.2, 0.25) is 0 Å². The Hall–Kier alpha value is -1.89. The Bertz CT molecular complexity index is 714. The lowest BCUT2D eigenvalue weighted by Gasteiger charge is -2.06. The molecule has 0 bridgehead atoms. The van der Waals surface area contributed by atoms with Crippen molar-refractivity contribution in [3.63, 3.8) is 0 Å². The second kappa shape index (κ2) is 4.65. The maximum absolute atomic E-state index is 4.44. The van der Waals surface area contributed by atoms with Gasteiger partial charge in [-0.05, 0) is 29.8 Å². The van der Waals surface area contributed by atoms with Crippen molar-refractivity contribution in [2.75, 3.05) is 5.32 Å². The first-order chi connectivity index (χ1) is 9.13. The molecular weight excluding hydrogens is 308 g/mol. The first-order valence-corrected chi connectivity index (χ1v) is 6.74. The Morgan fingerprint density at radius 1 is 1.32 bits per heavy atom. The van der Waals surface area contributed by atoms with Gasteiger partial charge < -0.3 is 9.72 Å². The molecule has 19 heavy (non-hydrogen) atoms. The number of nitrogens with one attached hydrogen (secondary N) is 1. The topological polar surface area (TPSA) is 60.0 Å². The number of nitrogens with zero attached hydrogens (tertiary/aromatic N) is 5. The van der Waals surface area contributed by atoms with Crippen LogP contribution in [0.2, 0.25) is 0 Å². The minimum Gasteiger partial charge on any atom is -0.320 e. The fourth-order valence-electron chi connectivity index (χ4n) is 1.80. The average molecular weight is 321 g/mol. The van der Waals surface area contributed by atoms with E-state index in [2.05, 4.69) is 50.2 Å². The highest BCUT2D eigenvalue weighted by atomic mass is 79.9. The van der Waals surface area contributed by atoms with Crippen LogP contribution in [0.4, 0.5) is 11.6 Å². The van der Waals surface area contributed by atoms with E-state index in [1.54, 1.807) is 6.20 Å². The lowest BCUT2D eigenvalue weighted by Crippen LogP contribution is -2.03. The molecule has 0 aliphatic heterocycles. The van der Waals surface area contributed by atoms with Crippen LogP contribution in [-0.2, 0) is 0 Å². The highest BCUT2D eigenvalue weighted by molar-refractivity contribution is 9.10. The first kappa shape index (κ1) is 12.2. The van der Waals surface area contributed by atoms with E-state index in [9.17, 15) is 0 Å². The van der Waals surface area contributed by atoms with E-state index in [1.165, 1.54) is 0 Å². The molecule has 0 aliphatic carbocycles. The fraction of sp³-hybridized carbons (Fsp3) is 0.250. The molecule has 0 amide bonds. The van der Waals surface area contributed by atoms with Crippen LogP contribution < -0.4 is 5.32 Å². The van der Waals surface area contributed by atoms with Crippen molar-refractivity contribution < 1.29 is 0 Å². The lowest BCUT2D eigenvalue weighted by molar-refractivity contribution is 0.534. The second-order valence-electron chi connectivity index (χ2n) is 4.47. The van der Waals surface area contributed by atoms with Crippen molar-refractivity contribution in [2.45, 2.75) is 19.9 Å². The minimum atomic E-state index is 0.331. The van der Waals surface area contributed by atoms with Gasteiger partial charge in [0.05, 0.1) is 0 Å². The van der Waals surface area contributed by atoms with Crippen molar-refractivity contribution in [1.82, 2.24) is 24.1 Å². The summed E-state index contributed by atoms with van der Waals surface area (Å²) >= 11 is 3.38. The summed E-state index contributed by atoms with van der Waals surface area (Å²) in [6.07, 6.45) is 7.41. The standard InChI is InChI=1S/C12H13BrN6/c1-8(2)19-5-3-10(17-19)16-11-12-14-4-6-18(12)7-9(13)15-11/h3-8H,1-2H3,(H,15,16,17). The SMILES string of the molecule is CC(C)n1ccc(Nc2nc(Br)cn3ccnc23)n1. The molecule has 3 aromatic heterocycles. The van der Waals surface area contributed by atoms with Crippen LogP contribution in [0.5, 0.6) is 0 Å². The number of aromatic nitrogens is 5. The van der Waals surface area contributed by atoms with E-state index < -0.39 is 0 Å². The van der Waals surface area contributed by atoms with Gasteiger partial charge in [-0.2, -0.15) is 5.10 Å². The molecule has 0 unspecified atom stereocenters. The monoisotopic (exact) mass is 320 g/mol. The zero-order valence-corrected chi connectivity index (χ0v) is 12.2. The van der Waals surface area contributed by atoms with E-state index in [-0.39, 0.29) is 0 Å². The number of hydrogen-bond donors (Lipinski definition) is 1. The van der Waals surface area contributed by atoms with Gasteiger partial charge in [-0.15, -0.1) is 0 Å². The van der Waals surface area contributed by atoms with Gasteiger partial charge in [-0.1, -0.05) is 0 Å². The lowest BCUT2D eigenvalue weighted by atomic mass is 10.4. The first-order valence-electron chi connectivity index (χ1n) is 5.95. The molecule has 98 valence electrons. The molecule has 6 nitrogen and oxygen atoms in total. The summed E-state index contributed by atoms with van der Waals surface area (Å²) in [6.45, 7) is 4.17. The fourth-order valence-corrected chi connectivity index (χ4v) is 2.20. The molecule has 0 saturated heterocycles. The molecule has 0 aromatic carbocycles. The zero-order chi connectivity index (χ0) is 13.4. The highest BCUT2D eigenvalue weighted by Gasteiger charge is 2.09. The van der Waals surface area contributed by atoms with Gasteiger partial charge in [0.1, 0.15) is 4.60 Å². The number of anilines is 2. The third kappa shape index (κ3) is 2.33. The summed E-state index contributed by atoms with van der Waals surface area (Å²) in [5, 5.41) is 7.63. The predicted octanol–water partition coefficient (Wildman–Crippen LogP) is 3.01. The van der Waals surface area contributed by atoms with Crippen LogP contribution >= 0.6 is 15.9 Å². The molecule has 3 rings (SSSR count). The van der Waals surface area contributed by atoms with Crippen molar-refractivity contribution in [1.29, 1.82) is 0 Å². The summed E-state index contributed by atoms with van der Waals surface area (Å²) in [5.41, 5.74) is 0.766. The Balaban J connectivity index is 1.97. The molecule has 0 saturated carbocycles. The van der Waals surface area contributed by atoms with Crippen molar-refractivity contribution in [3.05, 3.63) is 35.5 Å². The number of halogens is 1. The number of rotatable bonds is 3. The van der Waals surface area contributed by atoms with Crippen molar-refractivity contribution in [3.8, 4) is 0 Å². The number of imidazole rings is 1. The van der Waals surface area contributed by atoms with E-state index in [1.807, 2.05) is 33.7 Å². The molecule has 3 heterocycles. The molecule has 1 N–H and O–H groups in total. The van der Waals surface area contributed by atoms with Crippen LogP contribution in [0, 0.1) is 0 Å². The molecule has 0 atom stereocenters. The van der Waals surface area contributed by atoms with E-state index in [4.69, 9.17) is 0 Å². The zero-order valence-electron chi connectivity index (χ0n) is 10.6. The van der Waals surface area contributed by atoms with Crippen LogP contribution in [-0.4, -0.2) is 24.1 Å². The quantitative estimate of drug-likeness (QED) is 0.805. The maximum atomic E-state index is 4.44. The number of fused-ring (bicyclic) bond motifs is 1. The molecule has 0 spiro atoms. The van der Waals surface area contributed by atoms with Gasteiger partial charge in [0, 0.05) is 36.9 Å². The summed E-state index contributed by atoms with van der Waals surface area (Å²) in [4.78, 5) is 8.68. The summed E-state index contributed by atoms with van der Waals surface area (Å²) in [7, 11) is 0. The second-order valence-corrected chi connectivity index (χ2v) is 5.28. The molecule has 3 aromatic rings. The summed E-state index contributed by atoms with van der Waals surface area (Å²) in [6, 6.07) is 2.25. The molecule has 0 aliphatic rings. The Morgan fingerprint density at radius 3 is 2.89 bits per heavy atom. The van der Waals surface area contributed by atoms with Crippen LogP contribution in [0.15, 0.2) is 35.5 Å². The van der Waals surface area contributed by atoms with E-state index in [0.717, 1.165) is 16.1 Å². The number of hydrogen-bond acceptors (Lipinski definition) is 4. The molecule has 7 heteroatoms. The van der Waals surface area contributed by atoms with E-state index in [0.29, 0.717) is 11.9 Å². The van der Waals surface area contributed by atoms with Gasteiger partial charge >= 0.3 is 0 Å². The third-order valence-electron chi connectivity index (χ3n) is 2.73. The van der Waals surface area contributed by atoms with Gasteiger partial charge in [-0.3, -0.25) is 4.68 Å². The minimum absolute atomic E-state index is 0.331. The average Bonchev–Trinajstić information content (AvgIpc) is 2.96. The Morgan fingerprint density at radius 2 is 2.16 bits per heavy atom. The summed E-state index contributed by atoms with van der Waals surface area (Å²) in [5.74, 6) is 1.43. The predicted molar refractivity (Wildman–Crippen MR) is 76.6 cm³/mol. The summed E-state index contributed by atoms with van der Waals surface area (Å²) < 4.78 is 4.53. The van der Waals surface area contributed by atoms with Crippen LogP contribution in [0.25, 0.3) is 5.65 Å². The van der Waals surface area contributed by atoms with E-state index >= 15 is 0 Å². The Labute approximate surface area is 118 Å².